The summed E-state index contributed by atoms with van der Waals surface area (Å²) in [5, 5.41) is 0.660. The Morgan fingerprint density at radius 3 is 2.31 bits per heavy atom. The molecule has 0 aromatic carbocycles. The van der Waals surface area contributed by atoms with Crippen molar-refractivity contribution in [3.8, 4) is 0 Å². The summed E-state index contributed by atoms with van der Waals surface area (Å²) >= 11 is 3.38. The van der Waals surface area contributed by atoms with E-state index in [1.165, 1.54) is 6.42 Å². The first kappa shape index (κ1) is 14.5. The van der Waals surface area contributed by atoms with Crippen LogP contribution in [0.5, 0.6) is 0 Å². The number of rotatable bonds is 5. The van der Waals surface area contributed by atoms with Crippen LogP contribution in [0.4, 0.5) is 0 Å². The number of sulfonamides is 1. The highest BCUT2D eigenvalue weighted by molar-refractivity contribution is 9.09. The smallest absolute Gasteiger partial charge is 0.212 e. The Hall–Kier alpha value is 0.390. The van der Waals surface area contributed by atoms with Crippen molar-refractivity contribution in [1.82, 2.24) is 4.72 Å². The van der Waals surface area contributed by atoms with Gasteiger partial charge in [0.1, 0.15) is 0 Å². The first-order valence-electron chi connectivity index (χ1n) is 6.04. The fourth-order valence-corrected chi connectivity index (χ4v) is 4.44. The van der Waals surface area contributed by atoms with E-state index < -0.39 is 10.0 Å². The van der Waals surface area contributed by atoms with Crippen molar-refractivity contribution in [1.29, 1.82) is 0 Å². The van der Waals surface area contributed by atoms with Gasteiger partial charge in [0.15, 0.2) is 0 Å². The second kappa shape index (κ2) is 6.36. The molecular formula is C11H22BrNO2S. The number of nitrogens with one attached hydrogen (secondary N) is 1. The van der Waals surface area contributed by atoms with Gasteiger partial charge >= 0.3 is 0 Å². The van der Waals surface area contributed by atoms with Crippen LogP contribution in [-0.2, 0) is 10.0 Å². The molecule has 96 valence electrons. The molecule has 0 aliphatic heterocycles. The van der Waals surface area contributed by atoms with Gasteiger partial charge in [0, 0.05) is 11.4 Å². The Bertz CT molecular complexity index is 299. The molecule has 16 heavy (non-hydrogen) atoms. The van der Waals surface area contributed by atoms with Crippen molar-refractivity contribution >= 4 is 26.0 Å². The predicted octanol–water partition coefficient (Wildman–Crippen LogP) is 2.66. The van der Waals surface area contributed by atoms with E-state index in [0.717, 1.165) is 31.0 Å². The molecule has 0 spiro atoms. The lowest BCUT2D eigenvalue weighted by Crippen LogP contribution is -2.43. The maximum Gasteiger partial charge on any atom is 0.214 e. The molecule has 0 saturated heterocycles. The van der Waals surface area contributed by atoms with Gasteiger partial charge in [-0.15, -0.1) is 0 Å². The van der Waals surface area contributed by atoms with Gasteiger partial charge in [0.05, 0.1) is 5.25 Å². The zero-order valence-electron chi connectivity index (χ0n) is 10.1. The summed E-state index contributed by atoms with van der Waals surface area (Å²) < 4.78 is 27.0. The zero-order valence-corrected chi connectivity index (χ0v) is 12.5. The third-order valence-electron chi connectivity index (χ3n) is 3.44. The third-order valence-corrected chi connectivity index (χ3v) is 6.51. The summed E-state index contributed by atoms with van der Waals surface area (Å²) in [6, 6.07) is 0.00583. The van der Waals surface area contributed by atoms with Gasteiger partial charge in [0.2, 0.25) is 10.0 Å². The van der Waals surface area contributed by atoms with Gasteiger partial charge in [-0.2, -0.15) is 0 Å². The molecule has 1 fully saturated rings. The summed E-state index contributed by atoms with van der Waals surface area (Å²) in [5.41, 5.74) is 0. The number of alkyl halides is 1. The maximum atomic E-state index is 12.1. The molecule has 3 nitrogen and oxygen atoms in total. The van der Waals surface area contributed by atoms with E-state index in [2.05, 4.69) is 20.7 Å². The lowest BCUT2D eigenvalue weighted by Gasteiger charge is -2.26. The summed E-state index contributed by atoms with van der Waals surface area (Å²) in [6.45, 7) is 3.98. The molecule has 0 aromatic heterocycles. The quantitative estimate of drug-likeness (QED) is 0.793. The molecule has 5 heteroatoms. The lowest BCUT2D eigenvalue weighted by atomic mass is 10.0. The van der Waals surface area contributed by atoms with Crippen LogP contribution in [0.3, 0.4) is 0 Å². The van der Waals surface area contributed by atoms with E-state index >= 15 is 0 Å². The van der Waals surface area contributed by atoms with Crippen molar-refractivity contribution in [2.45, 2.75) is 57.2 Å². The zero-order chi connectivity index (χ0) is 12.2. The Labute approximate surface area is 108 Å². The first-order valence-corrected chi connectivity index (χ1v) is 8.71. The highest BCUT2D eigenvalue weighted by Gasteiger charge is 2.29. The standard InChI is InChI=1S/C11H22BrNO2S/c1-9(8-12)10(2)13-16(14,15)11-6-4-3-5-7-11/h9-11,13H,3-8H2,1-2H3. The molecule has 0 aromatic rings. The van der Waals surface area contributed by atoms with E-state index in [0.29, 0.717) is 5.92 Å². The van der Waals surface area contributed by atoms with Gasteiger partial charge in [0.25, 0.3) is 0 Å². The number of hydrogen-bond donors (Lipinski definition) is 1. The lowest BCUT2D eigenvalue weighted by molar-refractivity contribution is 0.450. The van der Waals surface area contributed by atoms with Crippen LogP contribution in [0.2, 0.25) is 0 Å². The van der Waals surface area contributed by atoms with Crippen LogP contribution in [0.15, 0.2) is 0 Å². The topological polar surface area (TPSA) is 46.2 Å². The van der Waals surface area contributed by atoms with Crippen molar-refractivity contribution in [3.63, 3.8) is 0 Å². The van der Waals surface area contributed by atoms with Gasteiger partial charge in [-0.05, 0) is 25.7 Å². The minimum absolute atomic E-state index is 0.00583. The summed E-state index contributed by atoms with van der Waals surface area (Å²) in [7, 11) is -3.11. The van der Waals surface area contributed by atoms with Crippen LogP contribution < -0.4 is 4.72 Å². The third kappa shape index (κ3) is 4.00. The van der Waals surface area contributed by atoms with E-state index in [1.807, 2.05) is 13.8 Å². The minimum Gasteiger partial charge on any atom is -0.212 e. The van der Waals surface area contributed by atoms with Crippen molar-refractivity contribution in [2.75, 3.05) is 5.33 Å². The molecule has 1 aliphatic rings. The summed E-state index contributed by atoms with van der Waals surface area (Å²) in [5.74, 6) is 0.318. The molecule has 2 unspecified atom stereocenters. The Kier molecular flexibility index (Phi) is 5.74. The monoisotopic (exact) mass is 311 g/mol. The molecule has 0 heterocycles. The SMILES string of the molecule is CC(CBr)C(C)NS(=O)(=O)C1CCCCC1. The Morgan fingerprint density at radius 2 is 1.81 bits per heavy atom. The number of hydrogen-bond acceptors (Lipinski definition) is 2. The number of halogens is 1. The summed E-state index contributed by atoms with van der Waals surface area (Å²) in [6.07, 6.45) is 4.93. The molecule has 1 N–H and O–H groups in total. The van der Waals surface area contributed by atoms with E-state index in [9.17, 15) is 8.42 Å². The Morgan fingerprint density at radius 1 is 1.25 bits per heavy atom. The van der Waals surface area contributed by atoms with Gasteiger partial charge in [-0.25, -0.2) is 13.1 Å². The van der Waals surface area contributed by atoms with E-state index in [1.54, 1.807) is 0 Å². The minimum atomic E-state index is -3.11. The van der Waals surface area contributed by atoms with Gasteiger partial charge < -0.3 is 0 Å². The average molecular weight is 312 g/mol. The molecule has 0 radical (unpaired) electrons. The molecule has 1 rings (SSSR count). The van der Waals surface area contributed by atoms with Crippen molar-refractivity contribution in [2.24, 2.45) is 5.92 Å². The molecule has 0 amide bonds. The molecule has 0 bridgehead atoms. The molecule has 1 aliphatic carbocycles. The van der Waals surface area contributed by atoms with Crippen LogP contribution >= 0.6 is 15.9 Å². The van der Waals surface area contributed by atoms with Crippen LogP contribution in [-0.4, -0.2) is 25.0 Å². The molecular weight excluding hydrogens is 290 g/mol. The second-order valence-corrected chi connectivity index (χ2v) is 7.48. The van der Waals surface area contributed by atoms with Crippen molar-refractivity contribution < 1.29 is 8.42 Å². The van der Waals surface area contributed by atoms with E-state index in [4.69, 9.17) is 0 Å². The van der Waals surface area contributed by atoms with Crippen molar-refractivity contribution in [3.05, 3.63) is 0 Å². The van der Waals surface area contributed by atoms with Crippen LogP contribution in [0, 0.1) is 5.92 Å². The fraction of sp³-hybridized carbons (Fsp3) is 1.00. The highest BCUT2D eigenvalue weighted by atomic mass is 79.9. The van der Waals surface area contributed by atoms with Gasteiger partial charge in [-0.3, -0.25) is 0 Å². The fourth-order valence-electron chi connectivity index (χ4n) is 1.98. The predicted molar refractivity (Wildman–Crippen MR) is 71.3 cm³/mol. The summed E-state index contributed by atoms with van der Waals surface area (Å²) in [4.78, 5) is 0. The maximum absolute atomic E-state index is 12.1. The van der Waals surface area contributed by atoms with Gasteiger partial charge in [-0.1, -0.05) is 42.1 Å². The van der Waals surface area contributed by atoms with Crippen LogP contribution in [0.25, 0.3) is 0 Å². The normalized spacial score (nSPS) is 22.9. The molecule has 1 saturated carbocycles. The Balaban J connectivity index is 2.56. The van der Waals surface area contributed by atoms with E-state index in [-0.39, 0.29) is 11.3 Å². The van der Waals surface area contributed by atoms with Crippen LogP contribution in [0.1, 0.15) is 46.0 Å². The first-order chi connectivity index (χ1) is 7.47. The second-order valence-electron chi connectivity index (χ2n) is 4.84. The highest BCUT2D eigenvalue weighted by Crippen LogP contribution is 2.23. The molecule has 2 atom stereocenters. The largest absolute Gasteiger partial charge is 0.214 e. The average Bonchev–Trinajstić information content (AvgIpc) is 2.28.